The van der Waals surface area contributed by atoms with Crippen molar-refractivity contribution in [2.75, 3.05) is 0 Å². The van der Waals surface area contributed by atoms with Crippen molar-refractivity contribution < 1.29 is 0 Å². The molecule has 0 aliphatic carbocycles. The quantitative estimate of drug-likeness (QED) is 0.522. The fourth-order valence-electron chi connectivity index (χ4n) is 2.52. The molecule has 0 spiro atoms. The van der Waals surface area contributed by atoms with Crippen LogP contribution in [0.15, 0.2) is 54.6 Å². The van der Waals surface area contributed by atoms with E-state index < -0.39 is 0 Å². The first-order valence-electron chi connectivity index (χ1n) is 7.44. The summed E-state index contributed by atoms with van der Waals surface area (Å²) in [6, 6.07) is 19.7. The highest BCUT2D eigenvalue weighted by Crippen LogP contribution is 2.10. The van der Waals surface area contributed by atoms with Crippen LogP contribution in [0.5, 0.6) is 0 Å². The predicted octanol–water partition coefficient (Wildman–Crippen LogP) is 3.29. The maximum Gasteiger partial charge on any atom is 0.139 e. The largest absolute Gasteiger partial charge is 0.139 e. The van der Waals surface area contributed by atoms with Crippen molar-refractivity contribution in [2.45, 2.75) is 38.5 Å². The van der Waals surface area contributed by atoms with Crippen LogP contribution in [0, 0.1) is 0 Å². The maximum absolute atomic E-state index is 2.31. The van der Waals surface area contributed by atoms with E-state index in [1.807, 2.05) is 0 Å². The van der Waals surface area contributed by atoms with E-state index in [1.54, 1.807) is 0 Å². The molecule has 0 heterocycles. The van der Waals surface area contributed by atoms with Crippen molar-refractivity contribution in [3.05, 3.63) is 65.7 Å². The molecule has 0 saturated heterocycles. The molecular weight excluding hydrogens is 227 g/mol. The third kappa shape index (κ3) is 5.34. The molecule has 2 aromatic carbocycles. The summed E-state index contributed by atoms with van der Waals surface area (Å²) in [5.41, 5.74) is 4.34. The van der Waals surface area contributed by atoms with Gasteiger partial charge in [-0.1, -0.05) is 72.9 Å². The minimum Gasteiger partial charge on any atom is -0.0887 e. The zero-order valence-electron chi connectivity index (χ0n) is 11.9. The van der Waals surface area contributed by atoms with Crippen molar-refractivity contribution in [1.29, 1.82) is 0 Å². The molecule has 0 aromatic heterocycles. The monoisotopic (exact) mass is 250 g/mol. The normalized spacial score (nSPS) is 10.5. The fourth-order valence-corrected chi connectivity index (χ4v) is 2.52. The zero-order valence-corrected chi connectivity index (χ0v) is 11.9. The van der Waals surface area contributed by atoms with Gasteiger partial charge in [-0.15, -0.1) is 0 Å². The van der Waals surface area contributed by atoms with Crippen molar-refractivity contribution in [3.8, 4) is 0 Å². The first-order chi connectivity index (χ1) is 9.34. The molecule has 2 rings (SSSR count). The van der Waals surface area contributed by atoms with Gasteiger partial charge in [-0.25, -0.2) is 0 Å². The van der Waals surface area contributed by atoms with Crippen molar-refractivity contribution in [1.82, 2.24) is 0 Å². The second-order valence-corrected chi connectivity index (χ2v) is 5.39. The molecular formula is C18H23B. The number of unbranched alkanes of at least 4 members (excludes halogenated alkanes) is 3. The molecule has 19 heavy (non-hydrogen) atoms. The number of aryl methyl sites for hydroxylation is 2. The van der Waals surface area contributed by atoms with Gasteiger partial charge >= 0.3 is 0 Å². The minimum absolute atomic E-state index is 1.23. The molecule has 0 bridgehead atoms. The highest BCUT2D eigenvalue weighted by molar-refractivity contribution is 6.32. The second kappa shape index (κ2) is 7.83. The van der Waals surface area contributed by atoms with Crippen LogP contribution in [0.25, 0.3) is 0 Å². The van der Waals surface area contributed by atoms with E-state index in [0.717, 1.165) is 0 Å². The van der Waals surface area contributed by atoms with Gasteiger partial charge < -0.3 is 0 Å². The van der Waals surface area contributed by atoms with Crippen LogP contribution in [0.4, 0.5) is 0 Å². The SMILES string of the molecule is Bc1cccc(CCCCCCc2ccccc2)c1. The molecule has 1 heteroatoms. The molecule has 0 atom stereocenters. The molecule has 0 radical (unpaired) electrons. The van der Waals surface area contributed by atoms with Crippen LogP contribution < -0.4 is 5.46 Å². The Morgan fingerprint density at radius 1 is 0.632 bits per heavy atom. The molecule has 0 saturated carbocycles. The van der Waals surface area contributed by atoms with Gasteiger partial charge in [-0.3, -0.25) is 0 Å². The van der Waals surface area contributed by atoms with Gasteiger partial charge in [0.1, 0.15) is 7.85 Å². The molecule has 0 aliphatic heterocycles. The predicted molar refractivity (Wildman–Crippen MR) is 86.9 cm³/mol. The molecule has 0 nitrogen and oxygen atoms in total. The Morgan fingerprint density at radius 3 is 1.95 bits per heavy atom. The van der Waals surface area contributed by atoms with Gasteiger partial charge in [0, 0.05) is 0 Å². The van der Waals surface area contributed by atoms with Crippen molar-refractivity contribution >= 4 is 13.3 Å². The van der Waals surface area contributed by atoms with Crippen LogP contribution in [-0.2, 0) is 12.8 Å². The third-order valence-corrected chi connectivity index (χ3v) is 3.61. The van der Waals surface area contributed by atoms with Crippen LogP contribution >= 0.6 is 0 Å². The van der Waals surface area contributed by atoms with Gasteiger partial charge in [0.15, 0.2) is 0 Å². The summed E-state index contributed by atoms with van der Waals surface area (Å²) < 4.78 is 0. The van der Waals surface area contributed by atoms with E-state index in [0.29, 0.717) is 0 Å². The first-order valence-corrected chi connectivity index (χ1v) is 7.44. The fraction of sp³-hybridized carbons (Fsp3) is 0.333. The Bertz CT molecular complexity index is 476. The summed E-state index contributed by atoms with van der Waals surface area (Å²) in [5.74, 6) is 0. The molecule has 0 unspecified atom stereocenters. The van der Waals surface area contributed by atoms with Crippen LogP contribution in [0.2, 0.25) is 0 Å². The summed E-state index contributed by atoms with van der Waals surface area (Å²) in [6.45, 7) is 0. The van der Waals surface area contributed by atoms with E-state index in [2.05, 4.69) is 62.4 Å². The summed E-state index contributed by atoms with van der Waals surface area (Å²) in [5, 5.41) is 0. The molecule has 0 aliphatic rings. The van der Waals surface area contributed by atoms with Gasteiger partial charge in [0.25, 0.3) is 0 Å². The average molecular weight is 250 g/mol. The Balaban J connectivity index is 1.58. The van der Waals surface area contributed by atoms with Gasteiger partial charge in [-0.05, 0) is 36.8 Å². The maximum atomic E-state index is 2.31. The number of benzene rings is 2. The molecule has 0 fully saturated rings. The standard InChI is InChI=1S/C18H23B/c19-18-14-8-13-17(15-18)12-5-2-1-4-9-16-10-6-3-7-11-16/h3,6-8,10-11,13-15H,1-2,4-5,9,12,19H2. The molecule has 2 aromatic rings. The molecule has 98 valence electrons. The van der Waals surface area contributed by atoms with E-state index >= 15 is 0 Å². The topological polar surface area (TPSA) is 0 Å². The van der Waals surface area contributed by atoms with Crippen LogP contribution in [-0.4, -0.2) is 7.85 Å². The number of hydrogen-bond acceptors (Lipinski definition) is 0. The summed E-state index contributed by atoms with van der Waals surface area (Å²) >= 11 is 0. The Hall–Kier alpha value is -1.50. The molecule has 0 amide bonds. The van der Waals surface area contributed by atoms with Crippen LogP contribution in [0.3, 0.4) is 0 Å². The Labute approximate surface area is 118 Å². The highest BCUT2D eigenvalue weighted by Gasteiger charge is 1.95. The second-order valence-electron chi connectivity index (χ2n) is 5.39. The van der Waals surface area contributed by atoms with Crippen molar-refractivity contribution in [3.63, 3.8) is 0 Å². The van der Waals surface area contributed by atoms with Crippen molar-refractivity contribution in [2.24, 2.45) is 0 Å². The van der Waals surface area contributed by atoms with E-state index in [-0.39, 0.29) is 0 Å². The summed E-state index contributed by atoms with van der Waals surface area (Å²) in [4.78, 5) is 0. The Kier molecular flexibility index (Phi) is 5.74. The summed E-state index contributed by atoms with van der Waals surface area (Å²) in [6.07, 6.45) is 7.79. The van der Waals surface area contributed by atoms with Crippen LogP contribution in [0.1, 0.15) is 36.8 Å². The van der Waals surface area contributed by atoms with Gasteiger partial charge in [-0.2, -0.15) is 0 Å². The smallest absolute Gasteiger partial charge is 0.0887 e. The lowest BCUT2D eigenvalue weighted by Gasteiger charge is -2.04. The lowest BCUT2D eigenvalue weighted by atomic mass is 9.93. The van der Waals surface area contributed by atoms with Gasteiger partial charge in [0.2, 0.25) is 0 Å². The molecule has 0 N–H and O–H groups in total. The first kappa shape index (κ1) is 13.9. The lowest BCUT2D eigenvalue weighted by Crippen LogP contribution is -2.02. The average Bonchev–Trinajstić information content (AvgIpc) is 2.44. The third-order valence-electron chi connectivity index (χ3n) is 3.61. The van der Waals surface area contributed by atoms with Gasteiger partial charge in [0.05, 0.1) is 0 Å². The zero-order chi connectivity index (χ0) is 13.3. The van der Waals surface area contributed by atoms with E-state index in [9.17, 15) is 0 Å². The van der Waals surface area contributed by atoms with E-state index in [4.69, 9.17) is 0 Å². The number of hydrogen-bond donors (Lipinski definition) is 0. The highest BCUT2D eigenvalue weighted by atomic mass is 14.0. The summed E-state index contributed by atoms with van der Waals surface area (Å²) in [7, 11) is 2.17. The minimum atomic E-state index is 1.23. The lowest BCUT2D eigenvalue weighted by molar-refractivity contribution is 0.640. The Morgan fingerprint density at radius 2 is 1.26 bits per heavy atom. The van der Waals surface area contributed by atoms with E-state index in [1.165, 1.54) is 55.1 Å². The number of rotatable bonds is 7.